The molecule has 286 valence electrons. The van der Waals surface area contributed by atoms with Crippen LogP contribution in [0.5, 0.6) is 0 Å². The summed E-state index contributed by atoms with van der Waals surface area (Å²) >= 11 is 0. The second-order valence-electron chi connectivity index (χ2n) is 15.4. The fourth-order valence-electron chi connectivity index (χ4n) is 8.55. The third-order valence-electron chi connectivity index (χ3n) is 11.6. The van der Waals surface area contributed by atoms with Crippen LogP contribution in [0.1, 0.15) is 0 Å². The van der Waals surface area contributed by atoms with Gasteiger partial charge < -0.3 is 0 Å². The maximum absolute atomic E-state index is 5.42. The van der Waals surface area contributed by atoms with Gasteiger partial charge in [-0.3, -0.25) is 0 Å². The van der Waals surface area contributed by atoms with Crippen LogP contribution in [0.25, 0.3) is 106 Å². The molecule has 0 fully saturated rings. The zero-order valence-corrected chi connectivity index (χ0v) is 33.4. The molecule has 0 spiro atoms. The molecule has 61 heavy (non-hydrogen) atoms. The molecule has 0 N–H and O–H groups in total. The molecule has 0 radical (unpaired) electrons. The summed E-state index contributed by atoms with van der Waals surface area (Å²) in [5.74, 6) is 0. The van der Waals surface area contributed by atoms with Gasteiger partial charge in [0, 0.05) is 33.2 Å². The highest BCUT2D eigenvalue weighted by Gasteiger charge is 2.22. The Morgan fingerprint density at radius 1 is 0.295 bits per heavy atom. The number of hydrogen-bond donors (Lipinski definition) is 0. The average Bonchev–Trinajstić information content (AvgIpc) is 3.76. The van der Waals surface area contributed by atoms with Gasteiger partial charge in [-0.15, -0.1) is 0 Å². The number of hydrogen-bond acceptors (Lipinski definition) is 2. The largest absolute Gasteiger partial charge is 0.248 e. The first kappa shape index (κ1) is 36.0. The van der Waals surface area contributed by atoms with E-state index in [-0.39, 0.29) is 0 Å². The lowest BCUT2D eigenvalue weighted by atomic mass is 9.94. The van der Waals surface area contributed by atoms with Crippen molar-refractivity contribution in [1.29, 1.82) is 0 Å². The van der Waals surface area contributed by atoms with E-state index in [0.29, 0.717) is 0 Å². The van der Waals surface area contributed by atoms with Crippen molar-refractivity contribution in [1.82, 2.24) is 14.6 Å². The Bertz CT molecular complexity index is 3300. The molecule has 8 aromatic carbocycles. The summed E-state index contributed by atoms with van der Waals surface area (Å²) in [6, 6.07) is 84.0. The van der Waals surface area contributed by atoms with E-state index < -0.39 is 0 Å². The van der Waals surface area contributed by atoms with Crippen LogP contribution < -0.4 is 0 Å². The zero-order chi connectivity index (χ0) is 40.5. The highest BCUT2D eigenvalue weighted by Crippen LogP contribution is 2.42. The molecule has 0 unspecified atom stereocenters. The van der Waals surface area contributed by atoms with Crippen molar-refractivity contribution in [2.75, 3.05) is 0 Å². The van der Waals surface area contributed by atoms with Gasteiger partial charge in [0.1, 0.15) is 5.69 Å². The van der Waals surface area contributed by atoms with E-state index in [1.807, 2.05) is 6.07 Å². The topological polar surface area (TPSA) is 30.2 Å². The van der Waals surface area contributed by atoms with Gasteiger partial charge in [0.15, 0.2) is 0 Å². The number of benzene rings is 8. The second-order valence-corrected chi connectivity index (χ2v) is 15.4. The van der Waals surface area contributed by atoms with E-state index >= 15 is 0 Å². The molecule has 3 heteroatoms. The van der Waals surface area contributed by atoms with Gasteiger partial charge in [-0.05, 0) is 74.7 Å². The highest BCUT2D eigenvalue weighted by molar-refractivity contribution is 6.09. The van der Waals surface area contributed by atoms with Crippen LogP contribution in [0.3, 0.4) is 0 Å². The molecule has 3 heterocycles. The minimum atomic E-state index is 0.941. The predicted molar refractivity (Wildman–Crippen MR) is 254 cm³/mol. The Morgan fingerprint density at radius 3 is 1.39 bits per heavy atom. The van der Waals surface area contributed by atoms with Gasteiger partial charge in [0.05, 0.1) is 22.6 Å². The van der Waals surface area contributed by atoms with Gasteiger partial charge >= 0.3 is 0 Å². The van der Waals surface area contributed by atoms with Crippen molar-refractivity contribution < 1.29 is 0 Å². The van der Waals surface area contributed by atoms with Crippen molar-refractivity contribution in [3.8, 4) is 89.5 Å². The summed E-state index contributed by atoms with van der Waals surface area (Å²) in [5.41, 5.74) is 18.5. The lowest BCUT2D eigenvalue weighted by molar-refractivity contribution is 0.979. The zero-order valence-electron chi connectivity index (χ0n) is 33.4. The normalized spacial score (nSPS) is 11.3. The van der Waals surface area contributed by atoms with E-state index in [9.17, 15) is 0 Å². The fraction of sp³-hybridized carbons (Fsp3) is 0. The lowest BCUT2D eigenvalue weighted by Crippen LogP contribution is -1.96. The van der Waals surface area contributed by atoms with E-state index in [1.54, 1.807) is 0 Å². The highest BCUT2D eigenvalue weighted by atomic mass is 15.2. The molecule has 0 atom stereocenters. The number of aromatic nitrogens is 3. The molecular weight excluding hydrogens is 739 g/mol. The Balaban J connectivity index is 1.05. The monoisotopic (exact) mass is 777 g/mol. The van der Waals surface area contributed by atoms with Gasteiger partial charge in [0.2, 0.25) is 0 Å². The van der Waals surface area contributed by atoms with E-state index in [1.165, 1.54) is 11.1 Å². The van der Waals surface area contributed by atoms with Gasteiger partial charge in [0.25, 0.3) is 0 Å². The molecule has 0 saturated carbocycles. The molecule has 0 aliphatic heterocycles. The second kappa shape index (κ2) is 15.6. The summed E-state index contributed by atoms with van der Waals surface area (Å²) in [7, 11) is 0. The van der Waals surface area contributed by atoms with E-state index in [0.717, 1.165) is 94.7 Å². The smallest absolute Gasteiger partial charge is 0.101 e. The molecule has 0 aliphatic rings. The van der Waals surface area contributed by atoms with Crippen LogP contribution in [0.4, 0.5) is 0 Å². The third-order valence-corrected chi connectivity index (χ3v) is 11.6. The van der Waals surface area contributed by atoms with Crippen molar-refractivity contribution in [3.63, 3.8) is 0 Å². The van der Waals surface area contributed by atoms with Crippen molar-refractivity contribution in [2.45, 2.75) is 0 Å². The molecule has 3 aromatic heterocycles. The van der Waals surface area contributed by atoms with Gasteiger partial charge in [-0.2, -0.15) is 5.10 Å². The van der Waals surface area contributed by atoms with Crippen molar-refractivity contribution >= 4 is 16.3 Å². The number of rotatable bonds is 8. The van der Waals surface area contributed by atoms with Crippen LogP contribution in [0.15, 0.2) is 237 Å². The predicted octanol–water partition coefficient (Wildman–Crippen LogP) is 15.2. The number of pyridine rings is 2. The first-order chi connectivity index (χ1) is 30.2. The molecule has 11 rings (SSSR count). The minimum Gasteiger partial charge on any atom is -0.248 e. The number of fused-ring (bicyclic) bond motifs is 3. The quantitative estimate of drug-likeness (QED) is 0.154. The molecular formula is C58H39N3. The maximum Gasteiger partial charge on any atom is 0.101 e. The first-order valence-corrected chi connectivity index (χ1v) is 20.7. The van der Waals surface area contributed by atoms with Crippen LogP contribution in [0.2, 0.25) is 0 Å². The molecule has 11 aromatic rings. The van der Waals surface area contributed by atoms with Crippen molar-refractivity contribution in [2.24, 2.45) is 0 Å². The standard InChI is InChI=1S/C58H39N3/c1-6-17-40(18-7-1)47-27-16-28-50(35-47)54-38-51(37-53(59-54)43-19-8-2-9-20-43)42-31-29-41(30-32-42)48-33-34-49-39-55(44-21-10-3-11-22-44)61-58(52(49)36-48)56(45-23-12-4-13-24-45)57(60-61)46-25-14-5-15-26-46/h1-39H. The van der Waals surface area contributed by atoms with Crippen molar-refractivity contribution in [3.05, 3.63) is 237 Å². The molecule has 0 bridgehead atoms. The molecule has 3 nitrogen and oxygen atoms in total. The van der Waals surface area contributed by atoms with Crippen LogP contribution in [-0.4, -0.2) is 14.6 Å². The Hall–Kier alpha value is -8.14. The van der Waals surface area contributed by atoms with Crippen LogP contribution in [0, 0.1) is 0 Å². The lowest BCUT2D eigenvalue weighted by Gasteiger charge is -2.13. The van der Waals surface area contributed by atoms with E-state index in [4.69, 9.17) is 10.1 Å². The van der Waals surface area contributed by atoms with Gasteiger partial charge in [-0.25, -0.2) is 9.50 Å². The third kappa shape index (κ3) is 6.88. The molecule has 0 saturated heterocycles. The number of nitrogens with zero attached hydrogens (tertiary/aromatic N) is 3. The van der Waals surface area contributed by atoms with E-state index in [2.05, 4.69) is 235 Å². The van der Waals surface area contributed by atoms with Crippen LogP contribution >= 0.6 is 0 Å². The summed E-state index contributed by atoms with van der Waals surface area (Å²) in [6.45, 7) is 0. The summed E-state index contributed by atoms with van der Waals surface area (Å²) < 4.78 is 2.16. The summed E-state index contributed by atoms with van der Waals surface area (Å²) in [4.78, 5) is 5.22. The first-order valence-electron chi connectivity index (χ1n) is 20.7. The molecule has 0 aliphatic carbocycles. The Morgan fingerprint density at radius 2 is 0.754 bits per heavy atom. The fourth-order valence-corrected chi connectivity index (χ4v) is 8.55. The Labute approximate surface area is 355 Å². The summed E-state index contributed by atoms with van der Waals surface area (Å²) in [6.07, 6.45) is 0. The molecule has 0 amide bonds. The van der Waals surface area contributed by atoms with Crippen LogP contribution in [-0.2, 0) is 0 Å². The minimum absolute atomic E-state index is 0.941. The average molecular weight is 778 g/mol. The maximum atomic E-state index is 5.42. The summed E-state index contributed by atoms with van der Waals surface area (Å²) in [5, 5.41) is 7.74. The Kier molecular flexibility index (Phi) is 9.18. The van der Waals surface area contributed by atoms with Gasteiger partial charge in [-0.1, -0.05) is 206 Å². The SMILES string of the molecule is c1ccc(-c2cccc(-c3cc(-c4ccc(-c5ccc6cc(-c7ccccc7)n7nc(-c8ccccc8)c(-c8ccccc8)c7c6c5)cc4)cc(-c4ccccc4)n3)c2)cc1.